The number of hydrogen-bond acceptors (Lipinski definition) is 7. The van der Waals surface area contributed by atoms with Crippen LogP contribution in [-0.2, 0) is 0 Å². The van der Waals surface area contributed by atoms with E-state index in [1.165, 1.54) is 0 Å². The lowest BCUT2D eigenvalue weighted by Gasteiger charge is -2.10. The topological polar surface area (TPSA) is 74.3 Å². The summed E-state index contributed by atoms with van der Waals surface area (Å²) in [6.45, 7) is 4.44. The summed E-state index contributed by atoms with van der Waals surface area (Å²) >= 11 is 0. The van der Waals surface area contributed by atoms with E-state index in [1.807, 2.05) is 52.3 Å². The number of anilines is 3. The summed E-state index contributed by atoms with van der Waals surface area (Å²) in [5.74, 6) is 8.35. The van der Waals surface area contributed by atoms with Gasteiger partial charge in [0.1, 0.15) is 11.6 Å². The Kier molecular flexibility index (Phi) is 7.86. The van der Waals surface area contributed by atoms with E-state index in [0.29, 0.717) is 12.5 Å². The lowest BCUT2D eigenvalue weighted by molar-refractivity contribution is 0.405. The second kappa shape index (κ2) is 10.4. The molecule has 2 rings (SSSR count). The van der Waals surface area contributed by atoms with Gasteiger partial charge in [0, 0.05) is 37.6 Å². The second-order valence-electron chi connectivity index (χ2n) is 6.29. The summed E-state index contributed by atoms with van der Waals surface area (Å²) in [6, 6.07) is 7.64. The molecule has 27 heavy (non-hydrogen) atoms. The van der Waals surface area contributed by atoms with Gasteiger partial charge in [-0.05, 0) is 39.2 Å². The van der Waals surface area contributed by atoms with Crippen molar-refractivity contribution in [2.24, 2.45) is 0 Å². The van der Waals surface area contributed by atoms with Gasteiger partial charge < -0.3 is 25.6 Å². The Morgan fingerprint density at radius 2 is 2.00 bits per heavy atom. The molecule has 2 aromatic rings. The summed E-state index contributed by atoms with van der Waals surface area (Å²) in [6.07, 6.45) is 0. The van der Waals surface area contributed by atoms with Crippen LogP contribution in [0.25, 0.3) is 0 Å². The van der Waals surface area contributed by atoms with Gasteiger partial charge in [-0.25, -0.2) is 4.98 Å². The van der Waals surface area contributed by atoms with E-state index in [9.17, 15) is 0 Å². The van der Waals surface area contributed by atoms with Gasteiger partial charge >= 0.3 is 0 Å². The third-order valence-electron chi connectivity index (χ3n) is 3.74. The maximum atomic E-state index is 5.42. The Balaban J connectivity index is 2.09. The zero-order valence-electron chi connectivity index (χ0n) is 16.7. The lowest BCUT2D eigenvalue weighted by Crippen LogP contribution is -2.26. The first-order valence-electron chi connectivity index (χ1n) is 8.84. The third kappa shape index (κ3) is 6.77. The van der Waals surface area contributed by atoms with Crippen LogP contribution in [0, 0.1) is 18.8 Å². The molecule has 3 N–H and O–H groups in total. The molecule has 0 radical (unpaired) electrons. The van der Waals surface area contributed by atoms with Crippen LogP contribution in [0.2, 0.25) is 0 Å². The molecule has 0 amide bonds. The maximum absolute atomic E-state index is 5.42. The highest BCUT2D eigenvalue weighted by molar-refractivity contribution is 5.61. The first kappa shape index (κ1) is 20.5. The van der Waals surface area contributed by atoms with Crippen molar-refractivity contribution in [2.75, 3.05) is 58.5 Å². The SMILES string of the molecule is CNc1cc(C)nc(Nc2ccc(OC)c(C#CCNCCN(C)C)c2)n1. The Hall–Kier alpha value is -2.82. The van der Waals surface area contributed by atoms with Crippen LogP contribution in [0.1, 0.15) is 11.3 Å². The smallest absolute Gasteiger partial charge is 0.229 e. The molecule has 7 nitrogen and oxygen atoms in total. The Morgan fingerprint density at radius 1 is 1.19 bits per heavy atom. The van der Waals surface area contributed by atoms with E-state index in [4.69, 9.17) is 4.74 Å². The van der Waals surface area contributed by atoms with Gasteiger partial charge in [0.05, 0.1) is 19.2 Å². The van der Waals surface area contributed by atoms with Crippen molar-refractivity contribution >= 4 is 17.5 Å². The molecule has 0 spiro atoms. The standard InChI is InChI=1S/C20H28N6O/c1-15-13-19(21-2)25-20(23-15)24-17-8-9-18(27-5)16(14-17)7-6-10-22-11-12-26(3)4/h8-9,13-14,22H,10-12H2,1-5H3,(H2,21,23,24,25). The third-order valence-corrected chi connectivity index (χ3v) is 3.74. The number of nitrogens with zero attached hydrogens (tertiary/aromatic N) is 3. The molecule has 0 atom stereocenters. The molecular formula is C20H28N6O. The summed E-state index contributed by atoms with van der Waals surface area (Å²) in [5, 5.41) is 9.56. The van der Waals surface area contributed by atoms with Crippen molar-refractivity contribution in [1.29, 1.82) is 0 Å². The fourth-order valence-electron chi connectivity index (χ4n) is 2.36. The van der Waals surface area contributed by atoms with E-state index in [-0.39, 0.29) is 0 Å². The largest absolute Gasteiger partial charge is 0.495 e. The Morgan fingerprint density at radius 3 is 2.70 bits per heavy atom. The minimum Gasteiger partial charge on any atom is -0.495 e. The first-order valence-corrected chi connectivity index (χ1v) is 8.84. The lowest BCUT2D eigenvalue weighted by atomic mass is 10.1. The second-order valence-corrected chi connectivity index (χ2v) is 6.29. The fraction of sp³-hybridized carbons (Fsp3) is 0.400. The number of aromatic nitrogens is 2. The number of hydrogen-bond donors (Lipinski definition) is 3. The summed E-state index contributed by atoms with van der Waals surface area (Å²) < 4.78 is 5.42. The van der Waals surface area contributed by atoms with E-state index >= 15 is 0 Å². The number of nitrogens with one attached hydrogen (secondary N) is 3. The van der Waals surface area contributed by atoms with Gasteiger partial charge in [-0.15, -0.1) is 0 Å². The number of aryl methyl sites for hydroxylation is 1. The van der Waals surface area contributed by atoms with Crippen LogP contribution in [-0.4, -0.2) is 62.8 Å². The molecule has 0 aliphatic rings. The molecule has 0 aliphatic heterocycles. The zero-order valence-corrected chi connectivity index (χ0v) is 16.7. The minimum atomic E-state index is 0.536. The average Bonchev–Trinajstić information content (AvgIpc) is 2.64. The monoisotopic (exact) mass is 368 g/mol. The zero-order chi connectivity index (χ0) is 19.6. The van der Waals surface area contributed by atoms with Crippen molar-refractivity contribution < 1.29 is 4.74 Å². The summed E-state index contributed by atoms with van der Waals surface area (Å²) in [7, 11) is 7.58. The van der Waals surface area contributed by atoms with Crippen LogP contribution in [0.4, 0.5) is 17.5 Å². The Labute approximate surface area is 161 Å². The fourth-order valence-corrected chi connectivity index (χ4v) is 2.36. The first-order chi connectivity index (χ1) is 13.0. The van der Waals surface area contributed by atoms with Gasteiger partial charge in [-0.1, -0.05) is 11.8 Å². The highest BCUT2D eigenvalue weighted by Gasteiger charge is 2.05. The summed E-state index contributed by atoms with van der Waals surface area (Å²) in [5.41, 5.74) is 2.56. The van der Waals surface area contributed by atoms with Crippen molar-refractivity contribution in [3.05, 3.63) is 35.5 Å². The van der Waals surface area contributed by atoms with Crippen molar-refractivity contribution in [1.82, 2.24) is 20.2 Å². The summed E-state index contributed by atoms with van der Waals surface area (Å²) in [4.78, 5) is 11.0. The van der Waals surface area contributed by atoms with Gasteiger partial charge in [-0.3, -0.25) is 0 Å². The van der Waals surface area contributed by atoms with Crippen molar-refractivity contribution in [2.45, 2.75) is 6.92 Å². The normalized spacial score (nSPS) is 10.3. The van der Waals surface area contributed by atoms with E-state index in [1.54, 1.807) is 7.11 Å². The average molecular weight is 368 g/mol. The van der Waals surface area contributed by atoms with Gasteiger partial charge in [0.15, 0.2) is 0 Å². The number of ether oxygens (including phenoxy) is 1. The molecule has 0 bridgehead atoms. The number of likely N-dealkylation sites (N-methyl/N-ethyl adjacent to an activating group) is 1. The van der Waals surface area contributed by atoms with Crippen LogP contribution in [0.15, 0.2) is 24.3 Å². The molecule has 1 heterocycles. The van der Waals surface area contributed by atoms with Crippen LogP contribution >= 0.6 is 0 Å². The molecule has 1 aromatic carbocycles. The van der Waals surface area contributed by atoms with E-state index < -0.39 is 0 Å². The highest BCUT2D eigenvalue weighted by Crippen LogP contribution is 2.23. The predicted octanol–water partition coefficient (Wildman–Crippen LogP) is 2.08. The molecule has 0 aliphatic carbocycles. The van der Waals surface area contributed by atoms with Crippen LogP contribution in [0.3, 0.4) is 0 Å². The molecular weight excluding hydrogens is 340 g/mol. The number of benzene rings is 1. The molecule has 7 heteroatoms. The van der Waals surface area contributed by atoms with Gasteiger partial charge in [-0.2, -0.15) is 4.98 Å². The van der Waals surface area contributed by atoms with Gasteiger partial charge in [0.2, 0.25) is 5.95 Å². The molecule has 144 valence electrons. The number of methoxy groups -OCH3 is 1. The molecule has 1 aromatic heterocycles. The molecule has 0 unspecified atom stereocenters. The minimum absolute atomic E-state index is 0.536. The van der Waals surface area contributed by atoms with Crippen LogP contribution in [0.5, 0.6) is 5.75 Å². The predicted molar refractivity (Wildman–Crippen MR) is 111 cm³/mol. The van der Waals surface area contributed by atoms with Crippen LogP contribution < -0.4 is 20.7 Å². The van der Waals surface area contributed by atoms with Gasteiger partial charge in [0.25, 0.3) is 0 Å². The van der Waals surface area contributed by atoms with Crippen molar-refractivity contribution in [3.8, 4) is 17.6 Å². The maximum Gasteiger partial charge on any atom is 0.229 e. The van der Waals surface area contributed by atoms with Crippen molar-refractivity contribution in [3.63, 3.8) is 0 Å². The van der Waals surface area contributed by atoms with E-state index in [2.05, 4.69) is 42.7 Å². The Bertz CT molecular complexity index is 810. The quantitative estimate of drug-likeness (QED) is 0.487. The molecule has 0 saturated carbocycles. The molecule has 0 saturated heterocycles. The van der Waals surface area contributed by atoms with E-state index in [0.717, 1.165) is 41.6 Å². The molecule has 0 fully saturated rings. The number of rotatable bonds is 8. The highest BCUT2D eigenvalue weighted by atomic mass is 16.5.